The lowest BCUT2D eigenvalue weighted by Gasteiger charge is -2.11. The first-order valence-electron chi connectivity index (χ1n) is 5.99. The van der Waals surface area contributed by atoms with Gasteiger partial charge in [-0.2, -0.15) is 0 Å². The van der Waals surface area contributed by atoms with Crippen molar-refractivity contribution in [1.29, 1.82) is 0 Å². The summed E-state index contributed by atoms with van der Waals surface area (Å²) in [6.45, 7) is 4.15. The van der Waals surface area contributed by atoms with E-state index < -0.39 is 0 Å². The summed E-state index contributed by atoms with van der Waals surface area (Å²) in [5.41, 5.74) is 7.61. The van der Waals surface area contributed by atoms with Crippen molar-refractivity contribution in [3.05, 3.63) is 34.4 Å². The van der Waals surface area contributed by atoms with Crippen LogP contribution in [0.4, 0.5) is 5.82 Å². The van der Waals surface area contributed by atoms with Gasteiger partial charge in [-0.25, -0.2) is 9.97 Å². The molecule has 19 heavy (non-hydrogen) atoms. The van der Waals surface area contributed by atoms with Crippen molar-refractivity contribution in [3.63, 3.8) is 0 Å². The topological polar surface area (TPSA) is 61.0 Å². The van der Waals surface area contributed by atoms with E-state index in [-0.39, 0.29) is 0 Å². The Bertz CT molecular complexity index is 599. The largest absolute Gasteiger partial charge is 0.496 e. The molecule has 0 amide bonds. The molecule has 0 atom stereocenters. The summed E-state index contributed by atoms with van der Waals surface area (Å²) in [7, 11) is 1.63. The Balaban J connectivity index is 2.61. The molecule has 0 saturated carbocycles. The van der Waals surface area contributed by atoms with Crippen LogP contribution in [0.3, 0.4) is 0 Å². The van der Waals surface area contributed by atoms with E-state index >= 15 is 0 Å². The Morgan fingerprint density at radius 3 is 2.58 bits per heavy atom. The zero-order valence-corrected chi connectivity index (χ0v) is 12.7. The average Bonchev–Trinajstić information content (AvgIpc) is 2.37. The molecule has 100 valence electrons. The van der Waals surface area contributed by atoms with Gasteiger partial charge in [0.05, 0.1) is 12.7 Å². The Kier molecular flexibility index (Phi) is 4.04. The van der Waals surface area contributed by atoms with Crippen molar-refractivity contribution in [2.24, 2.45) is 0 Å². The highest BCUT2D eigenvalue weighted by Crippen LogP contribution is 2.31. The summed E-state index contributed by atoms with van der Waals surface area (Å²) in [4.78, 5) is 8.86. The molecular formula is C14H16BrN3O. The molecule has 0 aliphatic rings. The van der Waals surface area contributed by atoms with E-state index in [2.05, 4.69) is 39.7 Å². The monoisotopic (exact) mass is 321 g/mol. The number of aromatic nitrogens is 2. The van der Waals surface area contributed by atoms with Crippen LogP contribution in [0, 0.1) is 0 Å². The number of benzene rings is 1. The molecule has 0 aliphatic carbocycles. The molecule has 0 spiro atoms. The molecule has 0 bridgehead atoms. The standard InChI is InChI=1S/C14H16BrN3O/c1-8(2)11-7-13(16)18-14(17-11)10-6-9(15)4-5-12(10)19-3/h4-8H,1-3H3,(H2,16,17,18). The van der Waals surface area contributed by atoms with E-state index in [9.17, 15) is 0 Å². The quantitative estimate of drug-likeness (QED) is 0.937. The molecule has 1 aromatic heterocycles. The van der Waals surface area contributed by atoms with Crippen LogP contribution >= 0.6 is 15.9 Å². The fourth-order valence-corrected chi connectivity index (χ4v) is 2.12. The molecule has 2 N–H and O–H groups in total. The van der Waals surface area contributed by atoms with Gasteiger partial charge in [0, 0.05) is 16.2 Å². The lowest BCUT2D eigenvalue weighted by molar-refractivity contribution is 0.416. The van der Waals surface area contributed by atoms with Crippen molar-refractivity contribution < 1.29 is 4.74 Å². The average molecular weight is 322 g/mol. The molecule has 1 aromatic carbocycles. The number of nitrogens with zero attached hydrogens (tertiary/aromatic N) is 2. The van der Waals surface area contributed by atoms with Crippen LogP contribution in [0.25, 0.3) is 11.4 Å². The first kappa shape index (κ1) is 13.8. The third kappa shape index (κ3) is 3.04. The highest BCUT2D eigenvalue weighted by Gasteiger charge is 2.12. The number of nitrogen functional groups attached to an aromatic ring is 1. The molecule has 0 unspecified atom stereocenters. The fourth-order valence-electron chi connectivity index (χ4n) is 1.76. The summed E-state index contributed by atoms with van der Waals surface area (Å²) in [6.07, 6.45) is 0. The number of nitrogens with two attached hydrogens (primary N) is 1. The maximum atomic E-state index is 5.86. The summed E-state index contributed by atoms with van der Waals surface area (Å²) in [5.74, 6) is 2.07. The van der Waals surface area contributed by atoms with Crippen molar-refractivity contribution in [3.8, 4) is 17.1 Å². The van der Waals surface area contributed by atoms with Crippen LogP contribution in [-0.4, -0.2) is 17.1 Å². The van der Waals surface area contributed by atoms with E-state index in [1.165, 1.54) is 0 Å². The van der Waals surface area contributed by atoms with Gasteiger partial charge < -0.3 is 10.5 Å². The molecule has 2 rings (SSSR count). The predicted octanol–water partition coefficient (Wildman–Crippen LogP) is 3.62. The van der Waals surface area contributed by atoms with Gasteiger partial charge >= 0.3 is 0 Å². The zero-order chi connectivity index (χ0) is 14.0. The lowest BCUT2D eigenvalue weighted by Crippen LogP contribution is -2.02. The van der Waals surface area contributed by atoms with Crippen molar-refractivity contribution in [2.75, 3.05) is 12.8 Å². The molecule has 0 radical (unpaired) electrons. The van der Waals surface area contributed by atoms with Crippen molar-refractivity contribution >= 4 is 21.7 Å². The van der Waals surface area contributed by atoms with E-state index in [0.717, 1.165) is 21.5 Å². The second-order valence-electron chi connectivity index (χ2n) is 4.54. The molecule has 4 nitrogen and oxygen atoms in total. The first-order chi connectivity index (χ1) is 9.01. The molecule has 5 heteroatoms. The Labute approximate surface area is 121 Å². The van der Waals surface area contributed by atoms with Crippen LogP contribution in [0.5, 0.6) is 5.75 Å². The van der Waals surface area contributed by atoms with Gasteiger partial charge in [0.25, 0.3) is 0 Å². The maximum absolute atomic E-state index is 5.86. The van der Waals surface area contributed by atoms with Crippen LogP contribution < -0.4 is 10.5 Å². The predicted molar refractivity (Wildman–Crippen MR) is 80.2 cm³/mol. The van der Waals surface area contributed by atoms with Gasteiger partial charge in [0.15, 0.2) is 5.82 Å². The Morgan fingerprint density at radius 2 is 1.95 bits per heavy atom. The molecule has 0 aliphatic heterocycles. The van der Waals surface area contributed by atoms with Gasteiger partial charge in [-0.05, 0) is 24.1 Å². The minimum atomic E-state index is 0.294. The first-order valence-corrected chi connectivity index (χ1v) is 6.79. The highest BCUT2D eigenvalue weighted by molar-refractivity contribution is 9.10. The van der Waals surface area contributed by atoms with Crippen molar-refractivity contribution in [1.82, 2.24) is 9.97 Å². The smallest absolute Gasteiger partial charge is 0.165 e. The summed E-state index contributed by atoms with van der Waals surface area (Å²) < 4.78 is 6.30. The van der Waals surface area contributed by atoms with E-state index in [4.69, 9.17) is 10.5 Å². The van der Waals surface area contributed by atoms with E-state index in [0.29, 0.717) is 17.6 Å². The van der Waals surface area contributed by atoms with Crippen LogP contribution in [-0.2, 0) is 0 Å². The van der Waals surface area contributed by atoms with Crippen molar-refractivity contribution in [2.45, 2.75) is 19.8 Å². The maximum Gasteiger partial charge on any atom is 0.165 e. The fraction of sp³-hybridized carbons (Fsp3) is 0.286. The zero-order valence-electron chi connectivity index (χ0n) is 11.1. The summed E-state index contributed by atoms with van der Waals surface area (Å²) >= 11 is 3.45. The van der Waals surface area contributed by atoms with Gasteiger partial charge in [0.1, 0.15) is 11.6 Å². The van der Waals surface area contributed by atoms with Crippen LogP contribution in [0.2, 0.25) is 0 Å². The van der Waals surface area contributed by atoms with Crippen LogP contribution in [0.15, 0.2) is 28.7 Å². The SMILES string of the molecule is COc1ccc(Br)cc1-c1nc(N)cc(C(C)C)n1. The molecule has 0 fully saturated rings. The molecule has 2 aromatic rings. The van der Waals surface area contributed by atoms with Gasteiger partial charge in [-0.15, -0.1) is 0 Å². The second kappa shape index (κ2) is 5.57. The Hall–Kier alpha value is -1.62. The van der Waals surface area contributed by atoms with Gasteiger partial charge in [-0.1, -0.05) is 29.8 Å². The van der Waals surface area contributed by atoms with Crippen LogP contribution in [0.1, 0.15) is 25.5 Å². The normalized spacial score (nSPS) is 10.8. The number of methoxy groups -OCH3 is 1. The highest BCUT2D eigenvalue weighted by atomic mass is 79.9. The Morgan fingerprint density at radius 1 is 1.21 bits per heavy atom. The minimum Gasteiger partial charge on any atom is -0.496 e. The van der Waals surface area contributed by atoms with Gasteiger partial charge in [-0.3, -0.25) is 0 Å². The third-order valence-corrected chi connectivity index (χ3v) is 3.25. The summed E-state index contributed by atoms with van der Waals surface area (Å²) in [5, 5.41) is 0. The summed E-state index contributed by atoms with van der Waals surface area (Å²) in [6, 6.07) is 7.52. The minimum absolute atomic E-state index is 0.294. The number of rotatable bonds is 3. The number of ether oxygens (including phenoxy) is 1. The second-order valence-corrected chi connectivity index (χ2v) is 5.46. The van der Waals surface area contributed by atoms with E-state index in [1.807, 2.05) is 18.2 Å². The third-order valence-electron chi connectivity index (χ3n) is 2.76. The lowest BCUT2D eigenvalue weighted by atomic mass is 10.1. The number of halogens is 1. The molecular weight excluding hydrogens is 306 g/mol. The molecule has 0 saturated heterocycles. The number of hydrogen-bond donors (Lipinski definition) is 1. The molecule has 1 heterocycles. The van der Waals surface area contributed by atoms with Gasteiger partial charge in [0.2, 0.25) is 0 Å². The number of hydrogen-bond acceptors (Lipinski definition) is 4. The number of anilines is 1. The van der Waals surface area contributed by atoms with E-state index in [1.54, 1.807) is 13.2 Å².